The maximum absolute atomic E-state index is 13.4. The zero-order valence-electron chi connectivity index (χ0n) is 8.19. The van der Waals surface area contributed by atoms with Gasteiger partial charge in [0.25, 0.3) is 0 Å². The van der Waals surface area contributed by atoms with Gasteiger partial charge >= 0.3 is 0 Å². The molecule has 78 valence electrons. The van der Waals surface area contributed by atoms with Crippen LogP contribution in [0.1, 0.15) is 24.5 Å². The summed E-state index contributed by atoms with van der Waals surface area (Å²) in [5, 5.41) is 8.84. The molecule has 1 aromatic rings. The van der Waals surface area contributed by atoms with Crippen molar-refractivity contribution in [2.45, 2.75) is 26.2 Å². The minimum Gasteiger partial charge on any atom is -0.396 e. The lowest BCUT2D eigenvalue weighted by Crippen LogP contribution is -1.96. The molecule has 0 saturated heterocycles. The molecule has 0 bridgehead atoms. The zero-order valence-corrected chi connectivity index (χ0v) is 8.94. The summed E-state index contributed by atoms with van der Waals surface area (Å²) in [6, 6.07) is 3.47. The number of halogens is 2. The van der Waals surface area contributed by atoms with Gasteiger partial charge < -0.3 is 5.11 Å². The van der Waals surface area contributed by atoms with Gasteiger partial charge in [0.1, 0.15) is 5.82 Å². The lowest BCUT2D eigenvalue weighted by molar-refractivity contribution is 0.288. The van der Waals surface area contributed by atoms with Crippen molar-refractivity contribution in [2.75, 3.05) is 6.61 Å². The molecule has 0 atom stereocenters. The van der Waals surface area contributed by atoms with E-state index in [1.165, 1.54) is 0 Å². The van der Waals surface area contributed by atoms with E-state index in [4.69, 9.17) is 16.7 Å². The summed E-state index contributed by atoms with van der Waals surface area (Å²) < 4.78 is 13.4. The molecular weight excluding hydrogens is 203 g/mol. The predicted molar refractivity (Wildman–Crippen MR) is 56.2 cm³/mol. The molecule has 1 aromatic carbocycles. The van der Waals surface area contributed by atoms with E-state index in [2.05, 4.69) is 0 Å². The molecule has 14 heavy (non-hydrogen) atoms. The van der Waals surface area contributed by atoms with Crippen molar-refractivity contribution >= 4 is 11.6 Å². The van der Waals surface area contributed by atoms with Gasteiger partial charge in [-0.05, 0) is 36.5 Å². The third kappa shape index (κ3) is 2.69. The highest BCUT2D eigenvalue weighted by Gasteiger charge is 2.08. The number of rotatable bonds is 4. The van der Waals surface area contributed by atoms with Crippen molar-refractivity contribution in [1.29, 1.82) is 0 Å². The number of hydrogen-bond donors (Lipinski definition) is 1. The van der Waals surface area contributed by atoms with E-state index in [0.717, 1.165) is 12.0 Å². The summed E-state index contributed by atoms with van der Waals surface area (Å²) in [5.74, 6) is -0.350. The Bertz CT molecular complexity index is 312. The first-order chi connectivity index (χ1) is 6.69. The van der Waals surface area contributed by atoms with Crippen LogP contribution in [-0.4, -0.2) is 11.7 Å². The van der Waals surface area contributed by atoms with Gasteiger partial charge in [-0.1, -0.05) is 24.6 Å². The molecule has 1 rings (SSSR count). The molecule has 1 N–H and O–H groups in total. The Balaban J connectivity index is 2.95. The van der Waals surface area contributed by atoms with E-state index in [1.54, 1.807) is 6.07 Å². The van der Waals surface area contributed by atoms with Crippen LogP contribution in [0.5, 0.6) is 0 Å². The van der Waals surface area contributed by atoms with Gasteiger partial charge in [0.2, 0.25) is 0 Å². The Morgan fingerprint density at radius 1 is 1.43 bits per heavy atom. The zero-order chi connectivity index (χ0) is 10.6. The maximum Gasteiger partial charge on any atom is 0.144 e. The van der Waals surface area contributed by atoms with Crippen LogP contribution in [0.25, 0.3) is 0 Å². The van der Waals surface area contributed by atoms with Crippen LogP contribution in [0.4, 0.5) is 4.39 Å². The average molecular weight is 217 g/mol. The third-order valence-electron chi connectivity index (χ3n) is 2.18. The summed E-state index contributed by atoms with van der Waals surface area (Å²) in [7, 11) is 0. The normalized spacial score (nSPS) is 10.6. The molecule has 1 nitrogen and oxygen atoms in total. The Kier molecular flexibility index (Phi) is 4.36. The van der Waals surface area contributed by atoms with Crippen LogP contribution >= 0.6 is 11.6 Å². The number of aryl methyl sites for hydroxylation is 2. The van der Waals surface area contributed by atoms with Gasteiger partial charge in [-0.3, -0.25) is 0 Å². The highest BCUT2D eigenvalue weighted by Crippen LogP contribution is 2.22. The summed E-state index contributed by atoms with van der Waals surface area (Å²) in [6.07, 6.45) is 1.95. The first-order valence-electron chi connectivity index (χ1n) is 4.76. The van der Waals surface area contributed by atoms with Crippen molar-refractivity contribution in [2.24, 2.45) is 0 Å². The van der Waals surface area contributed by atoms with Crippen LogP contribution in [0.2, 0.25) is 5.02 Å². The van der Waals surface area contributed by atoms with Crippen molar-refractivity contribution in [1.82, 2.24) is 0 Å². The molecule has 0 saturated carbocycles. The third-order valence-corrected chi connectivity index (χ3v) is 2.45. The van der Waals surface area contributed by atoms with Crippen LogP contribution in [0.3, 0.4) is 0 Å². The summed E-state index contributed by atoms with van der Waals surface area (Å²) in [5.41, 5.74) is 1.63. The van der Waals surface area contributed by atoms with Gasteiger partial charge in [-0.25, -0.2) is 4.39 Å². The maximum atomic E-state index is 13.4. The number of aliphatic hydroxyl groups excluding tert-OH is 1. The second kappa shape index (κ2) is 5.32. The second-order valence-corrected chi connectivity index (χ2v) is 3.64. The highest BCUT2D eigenvalue weighted by atomic mass is 35.5. The van der Waals surface area contributed by atoms with Gasteiger partial charge in [-0.15, -0.1) is 0 Å². The van der Waals surface area contributed by atoms with Crippen molar-refractivity contribution in [3.05, 3.63) is 34.1 Å². The average Bonchev–Trinajstić information content (AvgIpc) is 2.20. The van der Waals surface area contributed by atoms with Gasteiger partial charge in [0.15, 0.2) is 0 Å². The molecule has 0 fully saturated rings. The van der Waals surface area contributed by atoms with Gasteiger partial charge in [0.05, 0.1) is 5.02 Å². The molecule has 0 unspecified atom stereocenters. The lowest BCUT2D eigenvalue weighted by atomic mass is 10.0. The van der Waals surface area contributed by atoms with Crippen molar-refractivity contribution in [3.8, 4) is 0 Å². The summed E-state index contributed by atoms with van der Waals surface area (Å²) >= 11 is 5.74. The Morgan fingerprint density at radius 2 is 2.14 bits per heavy atom. The van der Waals surface area contributed by atoms with E-state index in [1.807, 2.05) is 13.0 Å². The Labute approximate surface area is 88.5 Å². The van der Waals surface area contributed by atoms with Crippen LogP contribution in [0.15, 0.2) is 12.1 Å². The van der Waals surface area contributed by atoms with Crippen molar-refractivity contribution < 1.29 is 9.50 Å². The first-order valence-corrected chi connectivity index (χ1v) is 5.14. The number of benzene rings is 1. The fourth-order valence-corrected chi connectivity index (χ4v) is 1.63. The van der Waals surface area contributed by atoms with E-state index < -0.39 is 0 Å². The van der Waals surface area contributed by atoms with E-state index in [9.17, 15) is 4.39 Å². The largest absolute Gasteiger partial charge is 0.396 e. The molecule has 0 aromatic heterocycles. The van der Waals surface area contributed by atoms with E-state index in [-0.39, 0.29) is 17.4 Å². The molecule has 0 radical (unpaired) electrons. The topological polar surface area (TPSA) is 20.2 Å². The minimum atomic E-state index is -0.350. The second-order valence-electron chi connectivity index (χ2n) is 3.23. The van der Waals surface area contributed by atoms with Crippen LogP contribution in [0, 0.1) is 5.82 Å². The number of hydrogen-bond acceptors (Lipinski definition) is 1. The first kappa shape index (κ1) is 11.5. The van der Waals surface area contributed by atoms with Crippen LogP contribution < -0.4 is 0 Å². The monoisotopic (exact) mass is 216 g/mol. The molecule has 0 spiro atoms. The fraction of sp³-hybridized carbons (Fsp3) is 0.455. The fourth-order valence-electron chi connectivity index (χ4n) is 1.36. The summed E-state index contributed by atoms with van der Waals surface area (Å²) in [6.45, 7) is 2.08. The lowest BCUT2D eigenvalue weighted by Gasteiger charge is -2.06. The van der Waals surface area contributed by atoms with Gasteiger partial charge in [-0.2, -0.15) is 0 Å². The quantitative estimate of drug-likeness (QED) is 0.821. The van der Waals surface area contributed by atoms with Crippen molar-refractivity contribution in [3.63, 3.8) is 0 Å². The molecular formula is C11H14ClFO. The van der Waals surface area contributed by atoms with Gasteiger partial charge in [0, 0.05) is 6.61 Å². The Hall–Kier alpha value is -0.600. The summed E-state index contributed by atoms with van der Waals surface area (Å²) in [4.78, 5) is 0. The van der Waals surface area contributed by atoms with E-state index in [0.29, 0.717) is 18.4 Å². The molecule has 3 heteroatoms. The molecule has 0 heterocycles. The van der Waals surface area contributed by atoms with Crippen LogP contribution in [-0.2, 0) is 12.8 Å². The smallest absolute Gasteiger partial charge is 0.144 e. The Morgan fingerprint density at radius 3 is 2.71 bits per heavy atom. The van der Waals surface area contributed by atoms with E-state index >= 15 is 0 Å². The number of aliphatic hydroxyl groups is 1. The highest BCUT2D eigenvalue weighted by molar-refractivity contribution is 6.30. The minimum absolute atomic E-state index is 0.0768. The SMILES string of the molecule is CCc1cc(Cl)c(F)c(CCCO)c1. The molecule has 0 amide bonds. The molecule has 0 aliphatic rings. The standard InChI is InChI=1S/C11H14ClFO/c1-2-8-6-9(4-3-5-14)11(13)10(12)7-8/h6-7,14H,2-5H2,1H3. The molecule has 0 aliphatic carbocycles. The molecule has 0 aliphatic heterocycles. The predicted octanol–water partition coefficient (Wildman–Crippen LogP) is 2.97.